The number of hydrogen-bond donors (Lipinski definition) is 4. The van der Waals surface area contributed by atoms with Crippen LogP contribution in [-0.4, -0.2) is 111 Å². The first-order chi connectivity index (χ1) is 28.9. The highest BCUT2D eigenvalue weighted by molar-refractivity contribution is 5.96. The van der Waals surface area contributed by atoms with E-state index in [2.05, 4.69) is 68.1 Å². The smallest absolute Gasteiger partial charge is 0.324 e. The fourth-order valence-corrected chi connectivity index (χ4v) is 9.15. The Balaban J connectivity index is 1.35. The van der Waals surface area contributed by atoms with Gasteiger partial charge in [0, 0.05) is 54.6 Å². The van der Waals surface area contributed by atoms with Crippen LogP contribution in [0.25, 0.3) is 33.3 Å². The maximum Gasteiger partial charge on any atom is 0.324 e. The third-order valence-corrected chi connectivity index (χ3v) is 12.2. The molecule has 0 aliphatic carbocycles. The predicted molar refractivity (Wildman–Crippen MR) is 231 cm³/mol. The SMILES string of the molecule is CCn1c(-c2cccnc2C(C)C)c2c3cc(ccc31)-c1cc(O)cc(c1)C[C@H](NC(=O)[C@H](C(C)C)N(C)C(=O)C1(O)COC1)C(=O)N1CCC[C@H](N1)C(=O)OCC(C)(C)C2. The summed E-state index contributed by atoms with van der Waals surface area (Å²) in [5.74, 6) is -2.44. The van der Waals surface area contributed by atoms with Crippen LogP contribution in [0.2, 0.25) is 0 Å². The van der Waals surface area contributed by atoms with Gasteiger partial charge in [0.1, 0.15) is 23.9 Å². The van der Waals surface area contributed by atoms with Gasteiger partial charge in [-0.25, -0.2) is 5.43 Å². The molecule has 3 atom stereocenters. The zero-order chi connectivity index (χ0) is 44.0. The fourth-order valence-electron chi connectivity index (χ4n) is 9.15. The van der Waals surface area contributed by atoms with Crippen LogP contribution in [0.15, 0.2) is 54.7 Å². The van der Waals surface area contributed by atoms with Crippen LogP contribution in [0.5, 0.6) is 5.75 Å². The molecule has 3 amide bonds. The highest BCUT2D eigenvalue weighted by atomic mass is 16.5. The number of aryl methyl sites for hydroxylation is 1. The highest BCUT2D eigenvalue weighted by Crippen LogP contribution is 2.42. The molecule has 326 valence electrons. The van der Waals surface area contributed by atoms with E-state index in [1.54, 1.807) is 26.0 Å². The van der Waals surface area contributed by atoms with Gasteiger partial charge >= 0.3 is 5.97 Å². The minimum absolute atomic E-state index is 0.00936. The number of pyridine rings is 1. The standard InChI is InChI=1S/C47H60N6O8/c1-9-52-38-15-14-30-22-34(38)35(41(52)33-12-10-16-48-39(33)27(2)3)23-46(6,7)24-61-44(57)36-13-11-17-53(50-36)43(56)37(20-29-18-31(30)21-32(54)19-29)49-42(55)40(28(4)5)51(8)45(58)47(59)25-60-26-47/h10,12,14-16,18-19,21-22,27-28,36-37,40,50,54,59H,9,11,13,17,20,23-26H2,1-8H3,(H,49,55)/t36-,37-,40-/m0/s1. The molecule has 14 nitrogen and oxygen atoms in total. The molecule has 4 N–H and O–H groups in total. The molecule has 2 aromatic heterocycles. The minimum Gasteiger partial charge on any atom is -0.508 e. The van der Waals surface area contributed by atoms with E-state index < -0.39 is 58.8 Å². The quantitative estimate of drug-likeness (QED) is 0.175. The molecule has 14 heteroatoms. The van der Waals surface area contributed by atoms with E-state index >= 15 is 0 Å². The van der Waals surface area contributed by atoms with Crippen molar-refractivity contribution in [3.8, 4) is 28.1 Å². The van der Waals surface area contributed by atoms with Crippen molar-refractivity contribution in [3.05, 3.63) is 71.5 Å². The fraction of sp³-hybridized carbons (Fsp3) is 0.511. The third-order valence-electron chi connectivity index (χ3n) is 12.2. The van der Waals surface area contributed by atoms with Gasteiger partial charge in [0.05, 0.1) is 31.2 Å². The predicted octanol–water partition coefficient (Wildman–Crippen LogP) is 5.11. The van der Waals surface area contributed by atoms with E-state index in [-0.39, 0.29) is 44.5 Å². The zero-order valence-electron chi connectivity index (χ0n) is 36.6. The van der Waals surface area contributed by atoms with E-state index in [0.29, 0.717) is 31.4 Å². The van der Waals surface area contributed by atoms with Crippen molar-refractivity contribution in [2.24, 2.45) is 11.3 Å². The molecular weight excluding hydrogens is 777 g/mol. The number of hydrogen-bond acceptors (Lipinski definition) is 10. The maximum absolute atomic E-state index is 14.6. The maximum atomic E-state index is 14.6. The summed E-state index contributed by atoms with van der Waals surface area (Å²) in [7, 11) is 1.46. The van der Waals surface area contributed by atoms with Gasteiger partial charge < -0.3 is 34.5 Å². The number of rotatable bonds is 8. The second-order valence-corrected chi connectivity index (χ2v) is 18.4. The van der Waals surface area contributed by atoms with Crippen molar-refractivity contribution in [1.29, 1.82) is 0 Å². The van der Waals surface area contributed by atoms with Gasteiger partial charge in [0.15, 0.2) is 5.60 Å². The van der Waals surface area contributed by atoms with E-state index in [4.69, 9.17) is 14.5 Å². The van der Waals surface area contributed by atoms with Crippen molar-refractivity contribution < 1.29 is 38.9 Å². The normalized spacial score (nSPS) is 20.8. The van der Waals surface area contributed by atoms with Crippen LogP contribution in [0, 0.1) is 11.3 Å². The molecule has 3 aliphatic rings. The van der Waals surface area contributed by atoms with E-state index in [0.717, 1.165) is 44.5 Å². The lowest BCUT2D eigenvalue weighted by Gasteiger charge is -2.41. The Labute approximate surface area is 357 Å². The van der Waals surface area contributed by atoms with Crippen LogP contribution in [0.3, 0.4) is 0 Å². The number of nitrogens with zero attached hydrogens (tertiary/aromatic N) is 4. The summed E-state index contributed by atoms with van der Waals surface area (Å²) in [4.78, 5) is 62.1. The van der Waals surface area contributed by atoms with Crippen molar-refractivity contribution in [3.63, 3.8) is 0 Å². The second kappa shape index (κ2) is 17.2. The van der Waals surface area contributed by atoms with Crippen LogP contribution in [-0.2, 0) is 48.0 Å². The summed E-state index contributed by atoms with van der Waals surface area (Å²) in [6, 6.07) is 12.5. The lowest BCUT2D eigenvalue weighted by Crippen LogP contribution is -2.65. The zero-order valence-corrected chi connectivity index (χ0v) is 36.6. The number of nitrogens with one attached hydrogen (secondary N) is 2. The van der Waals surface area contributed by atoms with Gasteiger partial charge in [0.25, 0.3) is 11.8 Å². The van der Waals surface area contributed by atoms with Gasteiger partial charge in [-0.05, 0) is 96.7 Å². The Bertz CT molecular complexity index is 2330. The number of aromatic hydroxyl groups is 1. The summed E-state index contributed by atoms with van der Waals surface area (Å²) in [5, 5.41) is 27.4. The molecule has 0 unspecified atom stereocenters. The molecule has 2 fully saturated rings. The number of likely N-dealkylation sites (N-methyl/N-ethyl adjacent to an activating group) is 1. The Morgan fingerprint density at radius 2 is 1.80 bits per heavy atom. The minimum atomic E-state index is -1.73. The molecule has 2 aromatic carbocycles. The summed E-state index contributed by atoms with van der Waals surface area (Å²) in [6.45, 7) is 14.9. The molecule has 0 spiro atoms. The monoisotopic (exact) mass is 836 g/mol. The molecule has 5 heterocycles. The van der Waals surface area contributed by atoms with Crippen LogP contribution in [0.4, 0.5) is 0 Å². The first-order valence-electron chi connectivity index (χ1n) is 21.5. The number of benzene rings is 2. The number of amides is 3. The Kier molecular flexibility index (Phi) is 12.4. The Morgan fingerprint density at radius 1 is 1.05 bits per heavy atom. The number of aliphatic hydroxyl groups is 1. The van der Waals surface area contributed by atoms with Crippen molar-refractivity contribution in [1.82, 2.24) is 30.2 Å². The summed E-state index contributed by atoms with van der Waals surface area (Å²) >= 11 is 0. The number of esters is 1. The number of carbonyl (C=O) groups is 4. The molecular formula is C47H60N6O8. The lowest BCUT2D eigenvalue weighted by molar-refractivity contribution is -0.201. The average Bonchev–Trinajstić information content (AvgIpc) is 3.51. The number of hydrazine groups is 1. The lowest BCUT2D eigenvalue weighted by atomic mass is 9.83. The molecule has 61 heavy (non-hydrogen) atoms. The van der Waals surface area contributed by atoms with Gasteiger partial charge in [-0.1, -0.05) is 53.7 Å². The third kappa shape index (κ3) is 8.76. The van der Waals surface area contributed by atoms with Crippen LogP contribution >= 0.6 is 0 Å². The average molecular weight is 837 g/mol. The first-order valence-corrected chi connectivity index (χ1v) is 21.5. The van der Waals surface area contributed by atoms with Crippen molar-refractivity contribution >= 4 is 34.6 Å². The van der Waals surface area contributed by atoms with E-state index in [1.165, 1.54) is 17.0 Å². The largest absolute Gasteiger partial charge is 0.508 e. The van der Waals surface area contributed by atoms with Gasteiger partial charge in [-0.15, -0.1) is 0 Å². The van der Waals surface area contributed by atoms with E-state index in [9.17, 15) is 29.4 Å². The molecule has 4 aromatic rings. The van der Waals surface area contributed by atoms with Gasteiger partial charge in [0.2, 0.25) is 5.91 Å². The second-order valence-electron chi connectivity index (χ2n) is 18.4. The molecule has 6 bridgehead atoms. The van der Waals surface area contributed by atoms with E-state index in [1.807, 2.05) is 24.4 Å². The van der Waals surface area contributed by atoms with Crippen LogP contribution < -0.4 is 10.7 Å². The summed E-state index contributed by atoms with van der Waals surface area (Å²) in [5.41, 5.74) is 8.26. The number of aromatic nitrogens is 2. The molecule has 0 radical (unpaired) electrons. The first kappa shape index (κ1) is 43.8. The van der Waals surface area contributed by atoms with Gasteiger partial charge in [-0.2, -0.15) is 0 Å². The number of cyclic esters (lactones) is 1. The Hall–Kier alpha value is -5.31. The number of fused-ring (bicyclic) bond motifs is 6. The number of phenols is 1. The number of ether oxygens (including phenoxy) is 2. The number of phenolic OH excluding ortho intramolecular Hbond substituents is 1. The Morgan fingerprint density at radius 3 is 2.48 bits per heavy atom. The van der Waals surface area contributed by atoms with Crippen molar-refractivity contribution in [2.75, 3.05) is 33.4 Å². The summed E-state index contributed by atoms with van der Waals surface area (Å²) in [6.07, 6.45) is 3.35. The highest BCUT2D eigenvalue weighted by Gasteiger charge is 2.48. The van der Waals surface area contributed by atoms with Gasteiger partial charge in [-0.3, -0.25) is 29.2 Å². The summed E-state index contributed by atoms with van der Waals surface area (Å²) < 4.78 is 13.5. The van der Waals surface area contributed by atoms with Crippen LogP contribution in [0.1, 0.15) is 84.0 Å². The molecule has 3 aliphatic heterocycles. The molecule has 2 saturated heterocycles. The molecule has 7 rings (SSSR count). The van der Waals surface area contributed by atoms with Crippen molar-refractivity contribution in [2.45, 2.75) is 110 Å². The number of carbonyl (C=O) groups excluding carboxylic acids is 4. The topological polar surface area (TPSA) is 176 Å². The molecule has 0 saturated carbocycles.